The van der Waals surface area contributed by atoms with Crippen LogP contribution in [0.15, 0.2) is 59.6 Å². The van der Waals surface area contributed by atoms with Gasteiger partial charge in [0.2, 0.25) is 0 Å². The Balaban J connectivity index is 1.32. The SMILES string of the molecule is CN=C(NCCCN1CCN(c2ccccc2)CC1)NCc1ccccc1OC. The minimum absolute atomic E-state index is 0.686. The van der Waals surface area contributed by atoms with Gasteiger partial charge >= 0.3 is 0 Å². The van der Waals surface area contributed by atoms with E-state index in [-0.39, 0.29) is 0 Å². The molecule has 1 aliphatic heterocycles. The largest absolute Gasteiger partial charge is 0.496 e. The molecule has 1 saturated heterocycles. The van der Waals surface area contributed by atoms with Crippen molar-refractivity contribution in [2.24, 2.45) is 4.99 Å². The number of hydrogen-bond donors (Lipinski definition) is 2. The average molecular weight is 396 g/mol. The van der Waals surface area contributed by atoms with E-state index in [1.54, 1.807) is 14.2 Å². The second kappa shape index (κ2) is 11.3. The summed E-state index contributed by atoms with van der Waals surface area (Å²) in [6.45, 7) is 7.14. The van der Waals surface area contributed by atoms with E-state index in [1.807, 2.05) is 18.2 Å². The molecule has 0 aliphatic carbocycles. The molecule has 1 aliphatic rings. The molecule has 0 radical (unpaired) electrons. The number of para-hydroxylation sites is 2. The van der Waals surface area contributed by atoms with E-state index in [0.29, 0.717) is 6.54 Å². The molecule has 6 nitrogen and oxygen atoms in total. The van der Waals surface area contributed by atoms with Gasteiger partial charge in [-0.25, -0.2) is 0 Å². The van der Waals surface area contributed by atoms with Crippen LogP contribution in [0.1, 0.15) is 12.0 Å². The van der Waals surface area contributed by atoms with Gasteiger partial charge in [-0.1, -0.05) is 36.4 Å². The monoisotopic (exact) mass is 395 g/mol. The van der Waals surface area contributed by atoms with Crippen LogP contribution < -0.4 is 20.3 Å². The van der Waals surface area contributed by atoms with Crippen molar-refractivity contribution >= 4 is 11.6 Å². The van der Waals surface area contributed by atoms with Gasteiger partial charge in [0, 0.05) is 57.6 Å². The molecule has 1 fully saturated rings. The quantitative estimate of drug-likeness (QED) is 0.409. The van der Waals surface area contributed by atoms with Crippen LogP contribution in [0.5, 0.6) is 5.75 Å². The number of nitrogens with one attached hydrogen (secondary N) is 2. The third-order valence-corrected chi connectivity index (χ3v) is 5.30. The van der Waals surface area contributed by atoms with E-state index in [9.17, 15) is 0 Å². The van der Waals surface area contributed by atoms with Crippen LogP contribution in [0, 0.1) is 0 Å². The molecule has 2 aromatic carbocycles. The molecule has 0 unspecified atom stereocenters. The van der Waals surface area contributed by atoms with Gasteiger partial charge in [0.1, 0.15) is 5.75 Å². The lowest BCUT2D eigenvalue weighted by Gasteiger charge is -2.36. The maximum atomic E-state index is 5.40. The molecule has 0 spiro atoms. The highest BCUT2D eigenvalue weighted by Crippen LogP contribution is 2.17. The van der Waals surface area contributed by atoms with Crippen molar-refractivity contribution in [3.63, 3.8) is 0 Å². The Morgan fingerprint density at radius 2 is 1.69 bits per heavy atom. The first kappa shape index (κ1) is 21.0. The van der Waals surface area contributed by atoms with Crippen LogP contribution in [0.3, 0.4) is 0 Å². The van der Waals surface area contributed by atoms with E-state index >= 15 is 0 Å². The first-order chi connectivity index (χ1) is 14.3. The van der Waals surface area contributed by atoms with Crippen molar-refractivity contribution < 1.29 is 4.74 Å². The highest BCUT2D eigenvalue weighted by molar-refractivity contribution is 5.79. The van der Waals surface area contributed by atoms with Crippen LogP contribution >= 0.6 is 0 Å². The predicted molar refractivity (Wildman–Crippen MR) is 121 cm³/mol. The number of hydrogen-bond acceptors (Lipinski definition) is 4. The van der Waals surface area contributed by atoms with Gasteiger partial charge in [0.15, 0.2) is 5.96 Å². The number of anilines is 1. The molecule has 0 atom stereocenters. The molecule has 6 heteroatoms. The molecule has 0 aromatic heterocycles. The number of aliphatic imine (C=N–C) groups is 1. The van der Waals surface area contributed by atoms with Crippen molar-refractivity contribution in [3.05, 3.63) is 60.2 Å². The molecule has 2 N–H and O–H groups in total. The van der Waals surface area contributed by atoms with E-state index in [4.69, 9.17) is 4.74 Å². The van der Waals surface area contributed by atoms with Crippen molar-refractivity contribution in [1.82, 2.24) is 15.5 Å². The van der Waals surface area contributed by atoms with Gasteiger partial charge in [0.25, 0.3) is 0 Å². The molecule has 0 saturated carbocycles. The molecule has 3 rings (SSSR count). The minimum atomic E-state index is 0.686. The molecule has 0 amide bonds. The number of rotatable bonds is 8. The summed E-state index contributed by atoms with van der Waals surface area (Å²) in [6.07, 6.45) is 1.10. The van der Waals surface area contributed by atoms with Crippen LogP contribution in [0.25, 0.3) is 0 Å². The van der Waals surface area contributed by atoms with Crippen molar-refractivity contribution in [2.75, 3.05) is 58.3 Å². The van der Waals surface area contributed by atoms with E-state index in [1.165, 1.54) is 5.69 Å². The number of methoxy groups -OCH3 is 1. The Bertz CT molecular complexity index is 757. The number of benzene rings is 2. The van der Waals surface area contributed by atoms with Crippen LogP contribution in [-0.4, -0.2) is 64.3 Å². The van der Waals surface area contributed by atoms with E-state index in [2.05, 4.69) is 61.8 Å². The molecule has 29 heavy (non-hydrogen) atoms. The Morgan fingerprint density at radius 3 is 2.41 bits per heavy atom. The smallest absolute Gasteiger partial charge is 0.191 e. The zero-order chi connectivity index (χ0) is 20.3. The summed E-state index contributed by atoms with van der Waals surface area (Å²) < 4.78 is 5.40. The Kier molecular flexibility index (Phi) is 8.19. The average Bonchev–Trinajstić information content (AvgIpc) is 2.80. The van der Waals surface area contributed by atoms with Gasteiger partial charge in [-0.3, -0.25) is 9.89 Å². The third-order valence-electron chi connectivity index (χ3n) is 5.30. The van der Waals surface area contributed by atoms with Crippen molar-refractivity contribution in [2.45, 2.75) is 13.0 Å². The molecular weight excluding hydrogens is 362 g/mol. The van der Waals surface area contributed by atoms with Gasteiger partial charge in [-0.2, -0.15) is 0 Å². The van der Waals surface area contributed by atoms with Gasteiger partial charge in [0.05, 0.1) is 7.11 Å². The highest BCUT2D eigenvalue weighted by Gasteiger charge is 2.16. The molecule has 156 valence electrons. The standard InChI is InChI=1S/C23H33N5O/c1-24-23(26-19-20-9-6-7-12-22(20)29-2)25-13-8-14-27-15-17-28(18-16-27)21-10-4-3-5-11-21/h3-7,9-12H,8,13-19H2,1-2H3,(H2,24,25,26). The zero-order valence-electron chi connectivity index (χ0n) is 17.6. The lowest BCUT2D eigenvalue weighted by molar-refractivity contribution is 0.255. The molecule has 1 heterocycles. The fourth-order valence-electron chi connectivity index (χ4n) is 3.63. The highest BCUT2D eigenvalue weighted by atomic mass is 16.5. The van der Waals surface area contributed by atoms with Gasteiger partial charge in [-0.05, 0) is 31.2 Å². The van der Waals surface area contributed by atoms with E-state index in [0.717, 1.165) is 63.0 Å². The number of guanidine groups is 1. The van der Waals surface area contributed by atoms with Crippen LogP contribution in [0.4, 0.5) is 5.69 Å². The lowest BCUT2D eigenvalue weighted by Crippen LogP contribution is -2.47. The number of piperazine rings is 1. The normalized spacial score (nSPS) is 15.2. The topological polar surface area (TPSA) is 52.1 Å². The Labute approximate surface area is 174 Å². The lowest BCUT2D eigenvalue weighted by atomic mass is 10.2. The summed E-state index contributed by atoms with van der Waals surface area (Å²) in [4.78, 5) is 9.34. The maximum Gasteiger partial charge on any atom is 0.191 e. The fourth-order valence-corrected chi connectivity index (χ4v) is 3.63. The predicted octanol–water partition coefficient (Wildman–Crippen LogP) is 2.57. The van der Waals surface area contributed by atoms with Crippen molar-refractivity contribution in [3.8, 4) is 5.75 Å². The molecular formula is C23H33N5O. The minimum Gasteiger partial charge on any atom is -0.496 e. The summed E-state index contributed by atoms with van der Waals surface area (Å²) in [5, 5.41) is 6.77. The maximum absolute atomic E-state index is 5.40. The van der Waals surface area contributed by atoms with Gasteiger partial charge in [-0.15, -0.1) is 0 Å². The number of ether oxygens (including phenoxy) is 1. The Morgan fingerprint density at radius 1 is 0.966 bits per heavy atom. The zero-order valence-corrected chi connectivity index (χ0v) is 17.6. The van der Waals surface area contributed by atoms with Crippen molar-refractivity contribution in [1.29, 1.82) is 0 Å². The second-order valence-electron chi connectivity index (χ2n) is 7.18. The van der Waals surface area contributed by atoms with Crippen LogP contribution in [0.2, 0.25) is 0 Å². The number of nitrogens with zero attached hydrogens (tertiary/aromatic N) is 3. The third kappa shape index (κ3) is 6.39. The summed E-state index contributed by atoms with van der Waals surface area (Å²) in [5.41, 5.74) is 2.45. The summed E-state index contributed by atoms with van der Waals surface area (Å²) >= 11 is 0. The second-order valence-corrected chi connectivity index (χ2v) is 7.18. The summed E-state index contributed by atoms with van der Waals surface area (Å²) in [7, 11) is 3.51. The Hall–Kier alpha value is -2.73. The first-order valence-corrected chi connectivity index (χ1v) is 10.4. The van der Waals surface area contributed by atoms with Crippen LogP contribution in [-0.2, 0) is 6.54 Å². The van der Waals surface area contributed by atoms with E-state index < -0.39 is 0 Å². The first-order valence-electron chi connectivity index (χ1n) is 10.4. The van der Waals surface area contributed by atoms with Gasteiger partial charge < -0.3 is 20.3 Å². The fraction of sp³-hybridized carbons (Fsp3) is 0.435. The summed E-state index contributed by atoms with van der Waals surface area (Å²) in [6, 6.07) is 18.7. The molecule has 2 aromatic rings. The molecule has 0 bridgehead atoms. The summed E-state index contributed by atoms with van der Waals surface area (Å²) in [5.74, 6) is 1.72.